The summed E-state index contributed by atoms with van der Waals surface area (Å²) in [4.78, 5) is 13.3. The van der Waals surface area contributed by atoms with Gasteiger partial charge in [0.25, 0.3) is 5.91 Å². The number of halogens is 1. The molecule has 0 aliphatic rings. The van der Waals surface area contributed by atoms with E-state index < -0.39 is 0 Å². The second-order valence-electron chi connectivity index (χ2n) is 4.14. The zero-order valence-electron chi connectivity index (χ0n) is 10.9. The quantitative estimate of drug-likeness (QED) is 0.835. The maximum absolute atomic E-state index is 13.2. The zero-order valence-corrected chi connectivity index (χ0v) is 11.7. The van der Waals surface area contributed by atoms with Gasteiger partial charge in [-0.25, -0.2) is 4.39 Å². The van der Waals surface area contributed by atoms with Crippen LogP contribution in [0.25, 0.3) is 0 Å². The van der Waals surface area contributed by atoms with Crippen LogP contribution in [0.4, 0.5) is 10.1 Å². The van der Waals surface area contributed by atoms with Crippen LogP contribution in [0.3, 0.4) is 0 Å². The predicted molar refractivity (Wildman–Crippen MR) is 79.3 cm³/mol. The molecule has 0 bridgehead atoms. The summed E-state index contributed by atoms with van der Waals surface area (Å²) in [5.74, 6) is 4.94. The lowest BCUT2D eigenvalue weighted by molar-refractivity contribution is 0.103. The van der Waals surface area contributed by atoms with Crippen LogP contribution in [0.1, 0.15) is 20.1 Å². The summed E-state index contributed by atoms with van der Waals surface area (Å²) in [5.41, 5.74) is 6.48. The fourth-order valence-electron chi connectivity index (χ4n) is 1.67. The summed E-state index contributed by atoms with van der Waals surface area (Å²) >= 11 is 1.27. The normalized spacial score (nSPS) is 9.75. The van der Waals surface area contributed by atoms with Crippen LogP contribution in [-0.4, -0.2) is 12.5 Å². The third kappa shape index (κ3) is 3.67. The van der Waals surface area contributed by atoms with E-state index >= 15 is 0 Å². The van der Waals surface area contributed by atoms with Crippen LogP contribution in [0.15, 0.2) is 30.3 Å². The van der Waals surface area contributed by atoms with Crippen LogP contribution in [0.2, 0.25) is 0 Å². The molecule has 1 aromatic heterocycles. The van der Waals surface area contributed by atoms with E-state index in [-0.39, 0.29) is 18.3 Å². The first-order valence-corrected chi connectivity index (χ1v) is 6.77. The molecule has 0 spiro atoms. The molecule has 1 amide bonds. The van der Waals surface area contributed by atoms with E-state index in [1.165, 1.54) is 23.5 Å². The van der Waals surface area contributed by atoms with Crippen LogP contribution in [-0.2, 0) is 0 Å². The molecule has 2 aromatic rings. The van der Waals surface area contributed by atoms with Crippen molar-refractivity contribution in [3.8, 4) is 11.8 Å². The van der Waals surface area contributed by atoms with Gasteiger partial charge in [-0.05, 0) is 42.8 Å². The van der Waals surface area contributed by atoms with E-state index in [1.54, 1.807) is 25.1 Å². The average Bonchev–Trinajstić information content (AvgIpc) is 2.83. The van der Waals surface area contributed by atoms with Crippen molar-refractivity contribution >= 4 is 22.9 Å². The first kappa shape index (κ1) is 14.3. The molecule has 0 saturated heterocycles. The van der Waals surface area contributed by atoms with E-state index in [4.69, 9.17) is 5.73 Å². The van der Waals surface area contributed by atoms with E-state index in [0.717, 1.165) is 10.4 Å². The zero-order chi connectivity index (χ0) is 14.5. The number of benzene rings is 1. The van der Waals surface area contributed by atoms with Gasteiger partial charge < -0.3 is 11.1 Å². The third-order valence-corrected chi connectivity index (χ3v) is 3.44. The molecule has 0 aliphatic carbocycles. The highest BCUT2D eigenvalue weighted by molar-refractivity contribution is 7.14. The molecular formula is C15H13FN2OS. The minimum absolute atomic E-state index is 0.277. The van der Waals surface area contributed by atoms with Crippen molar-refractivity contribution in [1.29, 1.82) is 0 Å². The molecule has 0 saturated carbocycles. The largest absolute Gasteiger partial charge is 0.321 e. The first-order valence-electron chi connectivity index (χ1n) is 5.96. The monoisotopic (exact) mass is 288 g/mol. The lowest BCUT2D eigenvalue weighted by Gasteiger charge is -2.04. The second-order valence-corrected chi connectivity index (χ2v) is 5.22. The van der Waals surface area contributed by atoms with Gasteiger partial charge in [0.1, 0.15) is 5.82 Å². The van der Waals surface area contributed by atoms with Crippen molar-refractivity contribution in [2.45, 2.75) is 6.92 Å². The molecule has 102 valence electrons. The number of anilines is 1. The molecule has 0 fully saturated rings. The second kappa shape index (κ2) is 6.33. The summed E-state index contributed by atoms with van der Waals surface area (Å²) in [6.45, 7) is 2.05. The summed E-state index contributed by atoms with van der Waals surface area (Å²) in [6.07, 6.45) is 0. The summed E-state index contributed by atoms with van der Waals surface area (Å²) in [5, 5.41) is 2.67. The Morgan fingerprint density at radius 2 is 2.20 bits per heavy atom. The lowest BCUT2D eigenvalue weighted by Crippen LogP contribution is -2.10. The van der Waals surface area contributed by atoms with Crippen molar-refractivity contribution in [3.05, 3.63) is 51.5 Å². The van der Waals surface area contributed by atoms with Gasteiger partial charge in [0.2, 0.25) is 0 Å². The topological polar surface area (TPSA) is 55.1 Å². The van der Waals surface area contributed by atoms with Gasteiger partial charge in [0.05, 0.1) is 16.3 Å². The molecule has 1 aromatic carbocycles. The molecule has 3 nitrogen and oxygen atoms in total. The molecular weight excluding hydrogens is 275 g/mol. The maximum atomic E-state index is 13.2. The molecule has 5 heteroatoms. The van der Waals surface area contributed by atoms with Gasteiger partial charge in [-0.15, -0.1) is 11.3 Å². The fraction of sp³-hybridized carbons (Fsp3) is 0.133. The SMILES string of the molecule is Cc1cc(F)cc(NC(=O)c2ccc(C#CCN)s2)c1. The molecule has 1 heterocycles. The molecule has 2 rings (SSSR count). The Kier molecular flexibility index (Phi) is 4.51. The number of rotatable bonds is 2. The number of aryl methyl sites for hydroxylation is 1. The van der Waals surface area contributed by atoms with Crippen molar-refractivity contribution < 1.29 is 9.18 Å². The molecule has 0 radical (unpaired) electrons. The van der Waals surface area contributed by atoms with Gasteiger partial charge in [0.15, 0.2) is 0 Å². The van der Waals surface area contributed by atoms with Gasteiger partial charge in [-0.1, -0.05) is 11.8 Å². The highest BCUT2D eigenvalue weighted by Gasteiger charge is 2.09. The fourth-order valence-corrected chi connectivity index (χ4v) is 2.44. The van der Waals surface area contributed by atoms with E-state index in [2.05, 4.69) is 17.2 Å². The predicted octanol–water partition coefficient (Wildman–Crippen LogP) is 2.76. The van der Waals surface area contributed by atoms with Gasteiger partial charge in [-0.3, -0.25) is 4.79 Å². The van der Waals surface area contributed by atoms with Crippen molar-refractivity contribution in [1.82, 2.24) is 0 Å². The molecule has 3 N–H and O–H groups in total. The molecule has 0 atom stereocenters. The standard InChI is InChI=1S/C15H13FN2OS/c1-10-7-11(16)9-12(8-10)18-15(19)14-5-4-13(20-14)3-2-6-17/h4-5,7-9H,6,17H2,1H3,(H,18,19). The molecule has 20 heavy (non-hydrogen) atoms. The Labute approximate surface area is 120 Å². The van der Waals surface area contributed by atoms with Gasteiger partial charge >= 0.3 is 0 Å². The first-order chi connectivity index (χ1) is 9.58. The Hall–Kier alpha value is -2.16. The lowest BCUT2D eigenvalue weighted by atomic mass is 10.2. The maximum Gasteiger partial charge on any atom is 0.265 e. The highest BCUT2D eigenvalue weighted by Crippen LogP contribution is 2.19. The smallest absolute Gasteiger partial charge is 0.265 e. The number of amides is 1. The number of carbonyl (C=O) groups is 1. The number of thiophene rings is 1. The minimum atomic E-state index is -0.374. The van der Waals surface area contributed by atoms with Crippen molar-refractivity contribution in [3.63, 3.8) is 0 Å². The number of hydrogen-bond acceptors (Lipinski definition) is 3. The van der Waals surface area contributed by atoms with Gasteiger partial charge in [-0.2, -0.15) is 0 Å². The Morgan fingerprint density at radius 3 is 2.90 bits per heavy atom. The van der Waals surface area contributed by atoms with E-state index in [1.807, 2.05) is 0 Å². The van der Waals surface area contributed by atoms with E-state index in [9.17, 15) is 9.18 Å². The summed E-state index contributed by atoms with van der Waals surface area (Å²) in [6, 6.07) is 7.85. The number of nitrogens with one attached hydrogen (secondary N) is 1. The van der Waals surface area contributed by atoms with Crippen LogP contribution >= 0.6 is 11.3 Å². The Morgan fingerprint density at radius 1 is 1.40 bits per heavy atom. The Bertz CT molecular complexity index is 677. The number of carbonyl (C=O) groups excluding carboxylic acids is 1. The van der Waals surface area contributed by atoms with Crippen molar-refractivity contribution in [2.75, 3.05) is 11.9 Å². The van der Waals surface area contributed by atoms with Gasteiger partial charge in [0, 0.05) is 5.69 Å². The van der Waals surface area contributed by atoms with Crippen LogP contribution in [0.5, 0.6) is 0 Å². The molecule has 0 aliphatic heterocycles. The number of nitrogens with two attached hydrogens (primary N) is 1. The van der Waals surface area contributed by atoms with E-state index in [0.29, 0.717) is 10.6 Å². The summed E-state index contributed by atoms with van der Waals surface area (Å²) in [7, 11) is 0. The Balaban J connectivity index is 2.13. The van der Waals surface area contributed by atoms with Crippen molar-refractivity contribution in [2.24, 2.45) is 5.73 Å². The van der Waals surface area contributed by atoms with Crippen LogP contribution < -0.4 is 11.1 Å². The average molecular weight is 288 g/mol. The third-order valence-electron chi connectivity index (χ3n) is 2.44. The minimum Gasteiger partial charge on any atom is -0.321 e. The highest BCUT2D eigenvalue weighted by atomic mass is 32.1. The number of hydrogen-bond donors (Lipinski definition) is 2. The summed E-state index contributed by atoms with van der Waals surface area (Å²) < 4.78 is 13.2. The van der Waals surface area contributed by atoms with Crippen LogP contribution in [0, 0.1) is 24.6 Å². The molecule has 0 unspecified atom stereocenters.